The van der Waals surface area contributed by atoms with Crippen LogP contribution in [0.5, 0.6) is 0 Å². The van der Waals surface area contributed by atoms with E-state index in [4.69, 9.17) is 5.73 Å². The minimum Gasteiger partial charge on any atom is -0.398 e. The Morgan fingerprint density at radius 3 is 3.00 bits per heavy atom. The molecule has 2 heterocycles. The minimum atomic E-state index is -0.436. The van der Waals surface area contributed by atoms with Gasteiger partial charge in [0.15, 0.2) is 0 Å². The second kappa shape index (κ2) is 5.25. The van der Waals surface area contributed by atoms with Crippen molar-refractivity contribution in [3.05, 3.63) is 52.0 Å². The molecule has 5 heteroatoms. The number of rotatable bonds is 2. The Morgan fingerprint density at radius 2 is 2.25 bits per heavy atom. The van der Waals surface area contributed by atoms with Gasteiger partial charge in [-0.25, -0.2) is 4.39 Å². The zero-order chi connectivity index (χ0) is 14.1. The first-order chi connectivity index (χ1) is 9.66. The molecule has 1 saturated heterocycles. The van der Waals surface area contributed by atoms with Crippen molar-refractivity contribution in [3.63, 3.8) is 0 Å². The molecular weight excluding hydrogens is 275 g/mol. The molecule has 0 bridgehead atoms. The van der Waals surface area contributed by atoms with Crippen molar-refractivity contribution in [2.75, 3.05) is 12.3 Å². The summed E-state index contributed by atoms with van der Waals surface area (Å²) in [5.41, 5.74) is 7.54. The normalized spacial score (nSPS) is 18.4. The van der Waals surface area contributed by atoms with Gasteiger partial charge in [0.25, 0.3) is 5.91 Å². The Kier molecular flexibility index (Phi) is 3.44. The highest BCUT2D eigenvalue weighted by molar-refractivity contribution is 7.07. The van der Waals surface area contributed by atoms with Gasteiger partial charge in [0.05, 0.1) is 11.6 Å². The number of halogens is 1. The van der Waals surface area contributed by atoms with E-state index in [1.807, 2.05) is 11.4 Å². The van der Waals surface area contributed by atoms with Gasteiger partial charge in [-0.05, 0) is 53.4 Å². The van der Waals surface area contributed by atoms with Crippen molar-refractivity contribution in [3.8, 4) is 0 Å². The molecule has 20 heavy (non-hydrogen) atoms. The molecule has 2 N–H and O–H groups in total. The van der Waals surface area contributed by atoms with Crippen LogP contribution < -0.4 is 5.73 Å². The topological polar surface area (TPSA) is 46.3 Å². The number of benzene rings is 1. The Morgan fingerprint density at radius 1 is 1.40 bits per heavy atom. The van der Waals surface area contributed by atoms with E-state index in [-0.39, 0.29) is 17.5 Å². The summed E-state index contributed by atoms with van der Waals surface area (Å²) in [6.45, 7) is 0.690. The second-order valence-electron chi connectivity index (χ2n) is 4.94. The summed E-state index contributed by atoms with van der Waals surface area (Å²) in [6.07, 6.45) is 1.90. The maximum absolute atomic E-state index is 13.3. The van der Waals surface area contributed by atoms with Crippen molar-refractivity contribution in [1.29, 1.82) is 0 Å². The number of hydrogen-bond donors (Lipinski definition) is 1. The van der Waals surface area contributed by atoms with Crippen LogP contribution in [-0.4, -0.2) is 17.4 Å². The van der Waals surface area contributed by atoms with Crippen molar-refractivity contribution < 1.29 is 9.18 Å². The summed E-state index contributed by atoms with van der Waals surface area (Å²) in [7, 11) is 0. The predicted octanol–water partition coefficient (Wildman–Crippen LogP) is 3.45. The minimum absolute atomic E-state index is 0.0800. The number of amides is 1. The number of likely N-dealkylation sites (tertiary alicyclic amines) is 1. The van der Waals surface area contributed by atoms with Gasteiger partial charge in [-0.1, -0.05) is 0 Å². The average molecular weight is 290 g/mol. The van der Waals surface area contributed by atoms with Crippen LogP contribution in [0.4, 0.5) is 10.1 Å². The number of carbonyl (C=O) groups excluding carboxylic acids is 1. The molecule has 1 amide bonds. The van der Waals surface area contributed by atoms with E-state index in [0.717, 1.165) is 18.4 Å². The maximum atomic E-state index is 13.3. The molecule has 1 atom stereocenters. The first kappa shape index (κ1) is 13.1. The smallest absolute Gasteiger partial charge is 0.256 e. The fourth-order valence-corrected chi connectivity index (χ4v) is 3.40. The van der Waals surface area contributed by atoms with Crippen molar-refractivity contribution >= 4 is 22.9 Å². The van der Waals surface area contributed by atoms with E-state index >= 15 is 0 Å². The van der Waals surface area contributed by atoms with Crippen molar-refractivity contribution in [1.82, 2.24) is 4.90 Å². The summed E-state index contributed by atoms with van der Waals surface area (Å²) < 4.78 is 13.3. The lowest BCUT2D eigenvalue weighted by Crippen LogP contribution is -2.31. The molecule has 1 fully saturated rings. The lowest BCUT2D eigenvalue weighted by molar-refractivity contribution is 0.0736. The van der Waals surface area contributed by atoms with Crippen LogP contribution in [0.25, 0.3) is 0 Å². The molecule has 1 aromatic heterocycles. The lowest BCUT2D eigenvalue weighted by atomic mass is 10.1. The predicted molar refractivity (Wildman–Crippen MR) is 78.1 cm³/mol. The molecule has 1 unspecified atom stereocenters. The largest absolute Gasteiger partial charge is 0.398 e. The summed E-state index contributed by atoms with van der Waals surface area (Å²) in [6, 6.07) is 6.05. The second-order valence-corrected chi connectivity index (χ2v) is 5.72. The van der Waals surface area contributed by atoms with Crippen LogP contribution >= 0.6 is 11.3 Å². The monoisotopic (exact) mass is 290 g/mol. The van der Waals surface area contributed by atoms with Crippen LogP contribution in [0.15, 0.2) is 35.0 Å². The number of anilines is 1. The first-order valence-corrected chi connectivity index (χ1v) is 7.49. The molecular formula is C15H15FN2OS. The number of nitrogen functional groups attached to an aromatic ring is 1. The number of carbonyl (C=O) groups is 1. The summed E-state index contributed by atoms with van der Waals surface area (Å²) in [5, 5.41) is 4.07. The highest BCUT2D eigenvalue weighted by Crippen LogP contribution is 2.34. The van der Waals surface area contributed by atoms with Crippen LogP contribution in [0, 0.1) is 5.82 Å². The molecule has 0 radical (unpaired) electrons. The third-order valence-electron chi connectivity index (χ3n) is 3.69. The molecule has 104 valence electrons. The third kappa shape index (κ3) is 2.29. The number of nitrogens with two attached hydrogens (primary N) is 1. The third-order valence-corrected chi connectivity index (χ3v) is 4.39. The van der Waals surface area contributed by atoms with Gasteiger partial charge in [0.1, 0.15) is 5.82 Å². The van der Waals surface area contributed by atoms with Gasteiger partial charge in [-0.15, -0.1) is 0 Å². The number of hydrogen-bond acceptors (Lipinski definition) is 3. The van der Waals surface area contributed by atoms with Gasteiger partial charge >= 0.3 is 0 Å². The van der Waals surface area contributed by atoms with Crippen LogP contribution in [-0.2, 0) is 0 Å². The van der Waals surface area contributed by atoms with Crippen LogP contribution in [0.3, 0.4) is 0 Å². The molecule has 2 aromatic rings. The SMILES string of the molecule is Nc1ccc(F)cc1C(=O)N1CCCC1c1ccsc1. The standard InChI is InChI=1S/C15H15FN2OS/c16-11-3-4-13(17)12(8-11)15(19)18-6-1-2-14(18)10-5-7-20-9-10/h3-5,7-9,14H,1-2,6,17H2. The molecule has 1 aromatic carbocycles. The molecule has 0 saturated carbocycles. The highest BCUT2D eigenvalue weighted by atomic mass is 32.1. The first-order valence-electron chi connectivity index (χ1n) is 6.55. The van der Waals surface area contributed by atoms with E-state index in [1.165, 1.54) is 18.2 Å². The van der Waals surface area contributed by atoms with Crippen molar-refractivity contribution in [2.24, 2.45) is 0 Å². The fourth-order valence-electron chi connectivity index (χ4n) is 2.69. The Bertz CT molecular complexity index is 627. The average Bonchev–Trinajstić information content (AvgIpc) is 3.10. The number of thiophene rings is 1. The van der Waals surface area contributed by atoms with Gasteiger partial charge in [-0.3, -0.25) is 4.79 Å². The van der Waals surface area contributed by atoms with Gasteiger partial charge < -0.3 is 10.6 Å². The summed E-state index contributed by atoms with van der Waals surface area (Å²) >= 11 is 1.62. The van der Waals surface area contributed by atoms with E-state index in [0.29, 0.717) is 12.2 Å². The van der Waals surface area contributed by atoms with E-state index < -0.39 is 5.82 Å². The molecule has 3 rings (SSSR count). The van der Waals surface area contributed by atoms with Gasteiger partial charge in [-0.2, -0.15) is 11.3 Å². The summed E-state index contributed by atoms with van der Waals surface area (Å²) in [4.78, 5) is 14.4. The number of nitrogens with zero attached hydrogens (tertiary/aromatic N) is 1. The van der Waals surface area contributed by atoms with Gasteiger partial charge in [0.2, 0.25) is 0 Å². The van der Waals surface area contributed by atoms with E-state index in [9.17, 15) is 9.18 Å². The molecule has 0 aliphatic carbocycles. The van der Waals surface area contributed by atoms with Gasteiger partial charge in [0, 0.05) is 12.2 Å². The Hall–Kier alpha value is -1.88. The zero-order valence-electron chi connectivity index (χ0n) is 10.9. The quantitative estimate of drug-likeness (QED) is 0.861. The van der Waals surface area contributed by atoms with Crippen LogP contribution in [0.1, 0.15) is 34.8 Å². The zero-order valence-corrected chi connectivity index (χ0v) is 11.7. The molecule has 1 aliphatic rings. The maximum Gasteiger partial charge on any atom is 0.256 e. The Balaban J connectivity index is 1.91. The molecule has 3 nitrogen and oxygen atoms in total. The summed E-state index contributed by atoms with van der Waals surface area (Å²) in [5.74, 6) is -0.621. The molecule has 1 aliphatic heterocycles. The fraction of sp³-hybridized carbons (Fsp3) is 0.267. The van der Waals surface area contributed by atoms with Crippen LogP contribution in [0.2, 0.25) is 0 Å². The molecule has 0 spiro atoms. The highest BCUT2D eigenvalue weighted by Gasteiger charge is 2.31. The van der Waals surface area contributed by atoms with E-state index in [1.54, 1.807) is 16.2 Å². The Labute approximate surface area is 120 Å². The van der Waals surface area contributed by atoms with Crippen molar-refractivity contribution in [2.45, 2.75) is 18.9 Å². The lowest BCUT2D eigenvalue weighted by Gasteiger charge is -2.25. The van der Waals surface area contributed by atoms with E-state index in [2.05, 4.69) is 5.38 Å².